The largest absolute Gasteiger partial charge is 0.388 e. The summed E-state index contributed by atoms with van der Waals surface area (Å²) in [5, 5.41) is 19.4. The van der Waals surface area contributed by atoms with Gasteiger partial charge in [0.05, 0.1) is 6.54 Å². The Bertz CT molecular complexity index is 166. The second kappa shape index (κ2) is 2.54. The summed E-state index contributed by atoms with van der Waals surface area (Å²) in [6, 6.07) is 0. The van der Waals surface area contributed by atoms with Gasteiger partial charge in [-0.3, -0.25) is 0 Å². The molecule has 0 aliphatic heterocycles. The first-order chi connectivity index (χ1) is 4.36. The topological polar surface area (TPSA) is 63.8 Å². The van der Waals surface area contributed by atoms with E-state index < -0.39 is 0 Å². The molecular formula is C4H8N4O. The molecule has 1 N–H and O–H groups in total. The Morgan fingerprint density at radius 1 is 1.67 bits per heavy atom. The van der Waals surface area contributed by atoms with E-state index >= 15 is 0 Å². The van der Waals surface area contributed by atoms with E-state index in [4.69, 9.17) is 5.11 Å². The van der Waals surface area contributed by atoms with Crippen molar-refractivity contribution in [3.63, 3.8) is 0 Å². The monoisotopic (exact) mass is 128 g/mol. The van der Waals surface area contributed by atoms with Gasteiger partial charge in [-0.15, -0.1) is 10.2 Å². The van der Waals surface area contributed by atoms with E-state index in [2.05, 4.69) is 15.4 Å². The Kier molecular flexibility index (Phi) is 1.74. The molecule has 0 aliphatic rings. The predicted octanol–water partition coefficient (Wildman–Crippen LogP) is -0.815. The first-order valence-electron chi connectivity index (χ1n) is 2.74. The Balaban J connectivity index is 2.74. The molecule has 0 saturated heterocycles. The number of aliphatic hydroxyl groups excluding tert-OH is 1. The lowest BCUT2D eigenvalue weighted by molar-refractivity contribution is 0.270. The summed E-state index contributed by atoms with van der Waals surface area (Å²) >= 11 is 0. The molecule has 0 bridgehead atoms. The van der Waals surface area contributed by atoms with Gasteiger partial charge in [-0.25, -0.2) is 0 Å². The van der Waals surface area contributed by atoms with Crippen LogP contribution in [0.3, 0.4) is 0 Å². The minimum atomic E-state index is -0.139. The molecule has 5 heteroatoms. The highest BCUT2D eigenvalue weighted by Gasteiger charge is 1.95. The van der Waals surface area contributed by atoms with E-state index in [1.807, 2.05) is 6.92 Å². The van der Waals surface area contributed by atoms with Crippen LogP contribution < -0.4 is 0 Å². The molecular weight excluding hydrogens is 120 g/mol. The predicted molar refractivity (Wildman–Crippen MR) is 29.4 cm³/mol. The minimum absolute atomic E-state index is 0.139. The number of aryl methyl sites for hydroxylation is 1. The number of aliphatic hydroxyl groups is 1. The van der Waals surface area contributed by atoms with Crippen molar-refractivity contribution in [2.45, 2.75) is 20.1 Å². The van der Waals surface area contributed by atoms with Gasteiger partial charge in [0.1, 0.15) is 6.61 Å². The molecule has 1 rings (SSSR count). The van der Waals surface area contributed by atoms with E-state index in [1.54, 1.807) is 0 Å². The normalized spacial score (nSPS) is 10.0. The molecule has 9 heavy (non-hydrogen) atoms. The van der Waals surface area contributed by atoms with Gasteiger partial charge in [0, 0.05) is 0 Å². The molecule has 50 valence electrons. The van der Waals surface area contributed by atoms with E-state index in [1.165, 1.54) is 4.80 Å². The molecule has 0 radical (unpaired) electrons. The summed E-state index contributed by atoms with van der Waals surface area (Å²) < 4.78 is 0. The van der Waals surface area contributed by atoms with E-state index in [9.17, 15) is 0 Å². The van der Waals surface area contributed by atoms with Gasteiger partial charge >= 0.3 is 0 Å². The van der Waals surface area contributed by atoms with Crippen LogP contribution in [0.2, 0.25) is 0 Å². The zero-order valence-corrected chi connectivity index (χ0v) is 5.15. The highest BCUT2D eigenvalue weighted by Crippen LogP contribution is 1.83. The van der Waals surface area contributed by atoms with Crippen molar-refractivity contribution in [1.29, 1.82) is 0 Å². The van der Waals surface area contributed by atoms with Crippen LogP contribution in [0.1, 0.15) is 12.7 Å². The molecule has 0 fully saturated rings. The smallest absolute Gasteiger partial charge is 0.200 e. The molecule has 0 unspecified atom stereocenters. The molecule has 1 aromatic rings. The molecule has 5 nitrogen and oxygen atoms in total. The maximum Gasteiger partial charge on any atom is 0.200 e. The number of hydrogen-bond donors (Lipinski definition) is 1. The Morgan fingerprint density at radius 2 is 2.44 bits per heavy atom. The summed E-state index contributed by atoms with van der Waals surface area (Å²) in [5.41, 5.74) is 0. The standard InChI is InChI=1S/C4H8N4O/c1-2-8-6-4(3-9)5-7-8/h9H,2-3H2,1H3. The summed E-state index contributed by atoms with van der Waals surface area (Å²) in [4.78, 5) is 1.42. The van der Waals surface area contributed by atoms with Gasteiger partial charge in [0.15, 0.2) is 5.82 Å². The third kappa shape index (κ3) is 1.23. The maximum atomic E-state index is 8.47. The van der Waals surface area contributed by atoms with Crippen LogP contribution in [0.5, 0.6) is 0 Å². The van der Waals surface area contributed by atoms with Gasteiger partial charge in [-0.1, -0.05) is 0 Å². The lowest BCUT2D eigenvalue weighted by Gasteiger charge is -1.84. The van der Waals surface area contributed by atoms with Crippen LogP contribution >= 0.6 is 0 Å². The average molecular weight is 128 g/mol. The molecule has 0 amide bonds. The van der Waals surface area contributed by atoms with Crippen molar-refractivity contribution in [3.8, 4) is 0 Å². The van der Waals surface area contributed by atoms with Crippen LogP contribution in [0, 0.1) is 0 Å². The highest BCUT2D eigenvalue weighted by molar-refractivity contribution is 4.69. The quantitative estimate of drug-likeness (QED) is 0.565. The molecule has 0 saturated carbocycles. The first-order valence-corrected chi connectivity index (χ1v) is 2.74. The van der Waals surface area contributed by atoms with Gasteiger partial charge < -0.3 is 5.11 Å². The molecule has 0 aromatic carbocycles. The van der Waals surface area contributed by atoms with Crippen molar-refractivity contribution in [2.24, 2.45) is 0 Å². The van der Waals surface area contributed by atoms with E-state index in [0.29, 0.717) is 12.4 Å². The number of aromatic nitrogens is 4. The number of tetrazole rings is 1. The van der Waals surface area contributed by atoms with Crippen molar-refractivity contribution in [2.75, 3.05) is 0 Å². The van der Waals surface area contributed by atoms with Crippen LogP contribution in [0.15, 0.2) is 0 Å². The molecule has 0 atom stereocenters. The first kappa shape index (κ1) is 6.15. The molecule has 1 aromatic heterocycles. The maximum absolute atomic E-state index is 8.47. The van der Waals surface area contributed by atoms with Crippen molar-refractivity contribution < 1.29 is 5.11 Å². The Hall–Kier alpha value is -0.970. The SMILES string of the molecule is CCn1nnc(CO)n1. The fourth-order valence-corrected chi connectivity index (χ4v) is 0.474. The van der Waals surface area contributed by atoms with Crippen LogP contribution in [0.4, 0.5) is 0 Å². The fourth-order valence-electron chi connectivity index (χ4n) is 0.474. The lowest BCUT2D eigenvalue weighted by atomic mass is 10.7. The van der Waals surface area contributed by atoms with Crippen LogP contribution in [0.25, 0.3) is 0 Å². The highest BCUT2D eigenvalue weighted by atomic mass is 16.3. The fraction of sp³-hybridized carbons (Fsp3) is 0.750. The van der Waals surface area contributed by atoms with Crippen LogP contribution in [-0.4, -0.2) is 25.3 Å². The third-order valence-corrected chi connectivity index (χ3v) is 0.919. The van der Waals surface area contributed by atoms with Crippen molar-refractivity contribution >= 4 is 0 Å². The van der Waals surface area contributed by atoms with Crippen molar-refractivity contribution in [1.82, 2.24) is 20.2 Å². The van der Waals surface area contributed by atoms with Gasteiger partial charge in [-0.2, -0.15) is 4.80 Å². The van der Waals surface area contributed by atoms with Gasteiger partial charge in [-0.05, 0) is 12.1 Å². The lowest BCUT2D eigenvalue weighted by Crippen LogP contribution is -1.98. The van der Waals surface area contributed by atoms with Gasteiger partial charge in [0.2, 0.25) is 0 Å². The third-order valence-electron chi connectivity index (χ3n) is 0.919. The minimum Gasteiger partial charge on any atom is -0.388 e. The van der Waals surface area contributed by atoms with E-state index in [-0.39, 0.29) is 6.61 Å². The Morgan fingerprint density at radius 3 is 2.78 bits per heavy atom. The van der Waals surface area contributed by atoms with Crippen molar-refractivity contribution in [3.05, 3.63) is 5.82 Å². The van der Waals surface area contributed by atoms with E-state index in [0.717, 1.165) is 0 Å². The average Bonchev–Trinajstić information content (AvgIpc) is 2.34. The Labute approximate surface area is 52.3 Å². The second-order valence-electron chi connectivity index (χ2n) is 1.55. The molecule has 0 aliphatic carbocycles. The summed E-state index contributed by atoms with van der Waals surface area (Å²) in [6.07, 6.45) is 0. The second-order valence-corrected chi connectivity index (χ2v) is 1.55. The number of rotatable bonds is 2. The molecule has 0 spiro atoms. The number of hydrogen-bond acceptors (Lipinski definition) is 4. The van der Waals surface area contributed by atoms with Crippen LogP contribution in [-0.2, 0) is 13.2 Å². The summed E-state index contributed by atoms with van der Waals surface area (Å²) in [6.45, 7) is 2.45. The summed E-state index contributed by atoms with van der Waals surface area (Å²) in [7, 11) is 0. The zero-order valence-electron chi connectivity index (χ0n) is 5.15. The zero-order chi connectivity index (χ0) is 6.69. The van der Waals surface area contributed by atoms with Gasteiger partial charge in [0.25, 0.3) is 0 Å². The summed E-state index contributed by atoms with van der Waals surface area (Å²) in [5.74, 6) is 0.372. The number of nitrogens with zero attached hydrogens (tertiary/aromatic N) is 4. The molecule has 1 heterocycles.